The minimum Gasteiger partial charge on any atom is -0.363 e. The molecule has 7 heteroatoms. The molecule has 0 spiro atoms. The molecule has 0 unspecified atom stereocenters. The van der Waals surface area contributed by atoms with Crippen LogP contribution in [0.3, 0.4) is 0 Å². The lowest BCUT2D eigenvalue weighted by Gasteiger charge is -2.13. The molecule has 1 aliphatic rings. The minimum absolute atomic E-state index is 0.170. The Labute approximate surface area is 143 Å². The van der Waals surface area contributed by atoms with Gasteiger partial charge < -0.3 is 20.9 Å². The Bertz CT molecular complexity index is 568. The number of nitrogens with one attached hydrogen (secondary N) is 3. The maximum atomic E-state index is 11.6. The second-order valence-electron chi connectivity index (χ2n) is 6.07. The van der Waals surface area contributed by atoms with E-state index >= 15 is 0 Å². The molecule has 1 fully saturated rings. The standard InChI is InChI=1S/C17H28N6O/c1-4-18-17(20-11-10-19-16(24)13-8-9-13)21-12-14-6-5-7-15(22-14)23(2)3/h5-7,13H,4,8-12H2,1-3H3,(H,19,24)(H2,18,20,21). The lowest BCUT2D eigenvalue weighted by atomic mass is 10.3. The van der Waals surface area contributed by atoms with Gasteiger partial charge in [0.2, 0.25) is 5.91 Å². The molecule has 1 heterocycles. The van der Waals surface area contributed by atoms with Crippen LogP contribution < -0.4 is 20.9 Å². The number of amides is 1. The number of guanidine groups is 1. The van der Waals surface area contributed by atoms with E-state index in [0.29, 0.717) is 19.6 Å². The van der Waals surface area contributed by atoms with Crippen LogP contribution in [0.5, 0.6) is 0 Å². The molecule has 0 saturated heterocycles. The van der Waals surface area contributed by atoms with E-state index in [1.54, 1.807) is 0 Å². The van der Waals surface area contributed by atoms with Crippen molar-refractivity contribution in [3.8, 4) is 0 Å². The van der Waals surface area contributed by atoms with Crippen LogP contribution >= 0.6 is 0 Å². The maximum absolute atomic E-state index is 11.6. The van der Waals surface area contributed by atoms with Gasteiger partial charge in [0.25, 0.3) is 0 Å². The van der Waals surface area contributed by atoms with Gasteiger partial charge in [0.05, 0.1) is 12.2 Å². The van der Waals surface area contributed by atoms with Crippen molar-refractivity contribution >= 4 is 17.7 Å². The smallest absolute Gasteiger partial charge is 0.223 e. The van der Waals surface area contributed by atoms with Crippen molar-refractivity contribution in [3.63, 3.8) is 0 Å². The molecule has 132 valence electrons. The van der Waals surface area contributed by atoms with Crippen molar-refractivity contribution in [3.05, 3.63) is 23.9 Å². The molecule has 1 aliphatic carbocycles. The number of aromatic nitrogens is 1. The Kier molecular flexibility index (Phi) is 6.84. The fraction of sp³-hybridized carbons (Fsp3) is 0.588. The first-order valence-electron chi connectivity index (χ1n) is 8.53. The highest BCUT2D eigenvalue weighted by molar-refractivity contribution is 5.81. The van der Waals surface area contributed by atoms with E-state index in [-0.39, 0.29) is 11.8 Å². The molecule has 0 aliphatic heterocycles. The van der Waals surface area contributed by atoms with E-state index in [1.807, 2.05) is 44.1 Å². The molecular weight excluding hydrogens is 304 g/mol. The van der Waals surface area contributed by atoms with Gasteiger partial charge in [-0.25, -0.2) is 9.98 Å². The molecule has 1 saturated carbocycles. The summed E-state index contributed by atoms with van der Waals surface area (Å²) >= 11 is 0. The third-order valence-electron chi connectivity index (χ3n) is 3.66. The van der Waals surface area contributed by atoms with Gasteiger partial charge in [-0.05, 0) is 31.9 Å². The van der Waals surface area contributed by atoms with Crippen molar-refractivity contribution in [2.45, 2.75) is 26.3 Å². The molecule has 2 rings (SSSR count). The number of carbonyl (C=O) groups is 1. The average molecular weight is 332 g/mol. The number of carbonyl (C=O) groups excluding carboxylic acids is 1. The summed E-state index contributed by atoms with van der Waals surface area (Å²) in [6, 6.07) is 5.93. The SMILES string of the molecule is CCNC(=NCc1cccc(N(C)C)n1)NCCNC(=O)C1CC1. The van der Waals surface area contributed by atoms with Crippen molar-refractivity contribution in [2.75, 3.05) is 38.6 Å². The van der Waals surface area contributed by atoms with Crippen LogP contribution in [-0.2, 0) is 11.3 Å². The fourth-order valence-corrected chi connectivity index (χ4v) is 2.16. The molecule has 0 radical (unpaired) electrons. The summed E-state index contributed by atoms with van der Waals surface area (Å²) in [5.41, 5.74) is 0.917. The number of rotatable bonds is 8. The van der Waals surface area contributed by atoms with Crippen molar-refractivity contribution in [1.29, 1.82) is 0 Å². The second kappa shape index (κ2) is 9.10. The molecule has 1 aromatic rings. The molecule has 0 bridgehead atoms. The summed E-state index contributed by atoms with van der Waals surface area (Å²) in [7, 11) is 3.94. The van der Waals surface area contributed by atoms with Crippen LogP contribution in [0.1, 0.15) is 25.5 Å². The largest absolute Gasteiger partial charge is 0.363 e. The first-order valence-corrected chi connectivity index (χ1v) is 8.53. The third kappa shape index (κ3) is 6.06. The molecule has 7 nitrogen and oxygen atoms in total. The zero-order valence-corrected chi connectivity index (χ0v) is 14.8. The van der Waals surface area contributed by atoms with Gasteiger partial charge in [-0.2, -0.15) is 0 Å². The van der Waals surface area contributed by atoms with Crippen LogP contribution in [0, 0.1) is 5.92 Å². The van der Waals surface area contributed by atoms with E-state index in [1.165, 1.54) is 0 Å². The summed E-state index contributed by atoms with van der Waals surface area (Å²) in [4.78, 5) is 22.7. The number of hydrogen-bond donors (Lipinski definition) is 3. The number of anilines is 1. The number of pyridine rings is 1. The zero-order chi connectivity index (χ0) is 17.4. The van der Waals surface area contributed by atoms with Crippen LogP contribution in [0.4, 0.5) is 5.82 Å². The minimum atomic E-state index is 0.170. The Hall–Kier alpha value is -2.31. The average Bonchev–Trinajstić information content (AvgIpc) is 3.41. The van der Waals surface area contributed by atoms with Gasteiger partial charge in [-0.1, -0.05) is 6.07 Å². The molecule has 24 heavy (non-hydrogen) atoms. The summed E-state index contributed by atoms with van der Waals surface area (Å²) in [6.45, 7) is 4.57. The van der Waals surface area contributed by atoms with E-state index in [0.717, 1.165) is 36.9 Å². The number of aliphatic imine (C=N–C) groups is 1. The lowest BCUT2D eigenvalue weighted by Crippen LogP contribution is -2.41. The third-order valence-corrected chi connectivity index (χ3v) is 3.66. The number of nitrogens with zero attached hydrogens (tertiary/aromatic N) is 3. The van der Waals surface area contributed by atoms with Gasteiger partial charge in [0.15, 0.2) is 5.96 Å². The predicted molar refractivity (Wildman–Crippen MR) is 97.1 cm³/mol. The van der Waals surface area contributed by atoms with Gasteiger partial charge in [-0.15, -0.1) is 0 Å². The zero-order valence-electron chi connectivity index (χ0n) is 14.8. The first kappa shape index (κ1) is 18.0. The van der Waals surface area contributed by atoms with Crippen LogP contribution in [-0.4, -0.2) is 50.6 Å². The maximum Gasteiger partial charge on any atom is 0.223 e. The van der Waals surface area contributed by atoms with Gasteiger partial charge >= 0.3 is 0 Å². The summed E-state index contributed by atoms with van der Waals surface area (Å²) in [5.74, 6) is 2.07. The van der Waals surface area contributed by atoms with Crippen LogP contribution in [0.2, 0.25) is 0 Å². The van der Waals surface area contributed by atoms with Crippen molar-refractivity contribution < 1.29 is 4.79 Å². The summed E-state index contributed by atoms with van der Waals surface area (Å²) in [6.07, 6.45) is 2.06. The van der Waals surface area contributed by atoms with Crippen LogP contribution in [0.25, 0.3) is 0 Å². The van der Waals surface area contributed by atoms with Gasteiger partial charge in [0, 0.05) is 39.6 Å². The van der Waals surface area contributed by atoms with Crippen LogP contribution in [0.15, 0.2) is 23.2 Å². The Balaban J connectivity index is 1.80. The topological polar surface area (TPSA) is 81.7 Å². The Morgan fingerprint density at radius 2 is 2.00 bits per heavy atom. The van der Waals surface area contributed by atoms with Gasteiger partial charge in [0.1, 0.15) is 5.82 Å². The summed E-state index contributed by atoms with van der Waals surface area (Å²) in [5, 5.41) is 9.36. The highest BCUT2D eigenvalue weighted by atomic mass is 16.2. The van der Waals surface area contributed by atoms with Gasteiger partial charge in [-0.3, -0.25) is 4.79 Å². The lowest BCUT2D eigenvalue weighted by molar-refractivity contribution is -0.122. The highest BCUT2D eigenvalue weighted by Crippen LogP contribution is 2.28. The first-order chi connectivity index (χ1) is 11.6. The molecule has 1 amide bonds. The fourth-order valence-electron chi connectivity index (χ4n) is 2.16. The monoisotopic (exact) mass is 332 g/mol. The normalized spacial score (nSPS) is 14.2. The Morgan fingerprint density at radius 3 is 2.67 bits per heavy atom. The van der Waals surface area contributed by atoms with E-state index < -0.39 is 0 Å². The van der Waals surface area contributed by atoms with E-state index in [9.17, 15) is 4.79 Å². The van der Waals surface area contributed by atoms with E-state index in [2.05, 4.69) is 25.9 Å². The van der Waals surface area contributed by atoms with Crippen molar-refractivity contribution in [2.24, 2.45) is 10.9 Å². The number of hydrogen-bond acceptors (Lipinski definition) is 4. The second-order valence-corrected chi connectivity index (χ2v) is 6.07. The summed E-state index contributed by atoms with van der Waals surface area (Å²) < 4.78 is 0. The molecule has 0 atom stereocenters. The molecule has 0 aromatic carbocycles. The quantitative estimate of drug-likeness (QED) is 0.371. The molecule has 3 N–H and O–H groups in total. The molecule has 1 aromatic heterocycles. The Morgan fingerprint density at radius 1 is 1.25 bits per heavy atom. The highest BCUT2D eigenvalue weighted by Gasteiger charge is 2.28. The van der Waals surface area contributed by atoms with Crippen molar-refractivity contribution in [1.82, 2.24) is 20.9 Å². The predicted octanol–water partition coefficient (Wildman–Crippen LogP) is 0.729. The van der Waals surface area contributed by atoms with E-state index in [4.69, 9.17) is 0 Å². The molecular formula is C17H28N6O.